The highest BCUT2D eigenvalue weighted by Crippen LogP contribution is 2.28. The first-order valence-electron chi connectivity index (χ1n) is 6.18. The summed E-state index contributed by atoms with van der Waals surface area (Å²) in [5.74, 6) is -0.187. The van der Waals surface area contributed by atoms with Gasteiger partial charge in [0.05, 0.1) is 20.7 Å². The molecule has 1 N–H and O–H groups in total. The van der Waals surface area contributed by atoms with Crippen molar-refractivity contribution in [2.75, 3.05) is 11.9 Å². The van der Waals surface area contributed by atoms with Crippen molar-refractivity contribution in [1.29, 1.82) is 0 Å². The lowest BCUT2D eigenvalue weighted by atomic mass is 10.3. The first kappa shape index (κ1) is 17.3. The van der Waals surface area contributed by atoms with E-state index in [0.717, 1.165) is 6.07 Å². The van der Waals surface area contributed by atoms with E-state index in [1.54, 1.807) is 6.07 Å². The average molecular weight is 376 g/mol. The minimum atomic E-state index is -0.580. The number of hydrogen-bond donors (Lipinski definition) is 1. The zero-order valence-corrected chi connectivity index (χ0v) is 13.7. The number of nitrogens with zero attached hydrogens (tertiary/aromatic N) is 1. The lowest BCUT2D eigenvalue weighted by Gasteiger charge is -2.10. The largest absolute Gasteiger partial charge is 0.482 e. The number of non-ortho nitro benzene ring substituents is 1. The Kier molecular flexibility index (Phi) is 5.65. The molecule has 0 fully saturated rings. The van der Waals surface area contributed by atoms with Crippen LogP contribution in [0.2, 0.25) is 15.1 Å². The highest BCUT2D eigenvalue weighted by Gasteiger charge is 2.12. The van der Waals surface area contributed by atoms with Crippen molar-refractivity contribution < 1.29 is 14.5 Å². The van der Waals surface area contributed by atoms with Gasteiger partial charge >= 0.3 is 0 Å². The molecule has 2 rings (SSSR count). The van der Waals surface area contributed by atoms with Crippen LogP contribution in [0, 0.1) is 10.1 Å². The summed E-state index contributed by atoms with van der Waals surface area (Å²) >= 11 is 17.6. The second-order valence-corrected chi connectivity index (χ2v) is 5.58. The van der Waals surface area contributed by atoms with Crippen molar-refractivity contribution >= 4 is 52.1 Å². The van der Waals surface area contributed by atoms with E-state index in [4.69, 9.17) is 39.5 Å². The van der Waals surface area contributed by atoms with Crippen LogP contribution in [0.15, 0.2) is 36.4 Å². The molecular weight excluding hydrogens is 367 g/mol. The van der Waals surface area contributed by atoms with E-state index < -0.39 is 10.8 Å². The molecule has 2 aromatic rings. The van der Waals surface area contributed by atoms with Gasteiger partial charge in [-0.25, -0.2) is 0 Å². The maximum atomic E-state index is 11.8. The number of hydrogen-bond acceptors (Lipinski definition) is 4. The van der Waals surface area contributed by atoms with E-state index in [-0.39, 0.29) is 28.0 Å². The van der Waals surface area contributed by atoms with Gasteiger partial charge in [-0.05, 0) is 24.3 Å². The van der Waals surface area contributed by atoms with Gasteiger partial charge in [-0.1, -0.05) is 34.8 Å². The monoisotopic (exact) mass is 374 g/mol. The van der Waals surface area contributed by atoms with Gasteiger partial charge < -0.3 is 10.1 Å². The Hall–Kier alpha value is -2.02. The van der Waals surface area contributed by atoms with Gasteiger partial charge in [-0.2, -0.15) is 0 Å². The maximum absolute atomic E-state index is 11.8. The molecule has 6 nitrogen and oxygen atoms in total. The van der Waals surface area contributed by atoms with Crippen LogP contribution in [0.3, 0.4) is 0 Å². The van der Waals surface area contributed by atoms with E-state index in [9.17, 15) is 14.9 Å². The van der Waals surface area contributed by atoms with Gasteiger partial charge in [0.2, 0.25) is 0 Å². The molecule has 0 aliphatic carbocycles. The lowest BCUT2D eigenvalue weighted by Crippen LogP contribution is -2.20. The van der Waals surface area contributed by atoms with Crippen molar-refractivity contribution in [2.24, 2.45) is 0 Å². The third kappa shape index (κ3) is 4.72. The van der Waals surface area contributed by atoms with Crippen molar-refractivity contribution in [2.45, 2.75) is 0 Å². The SMILES string of the molecule is O=C(COc1ccc(Cl)cc1Cl)Nc1ccc([N+](=O)[O-])cc1Cl. The first-order chi connectivity index (χ1) is 10.9. The van der Waals surface area contributed by atoms with E-state index in [1.807, 2.05) is 0 Å². The molecule has 0 aliphatic rings. The fraction of sp³-hybridized carbons (Fsp3) is 0.0714. The molecule has 0 saturated heterocycles. The molecule has 0 radical (unpaired) electrons. The van der Waals surface area contributed by atoms with E-state index in [0.29, 0.717) is 10.8 Å². The topological polar surface area (TPSA) is 81.5 Å². The number of ether oxygens (including phenoxy) is 1. The third-order valence-electron chi connectivity index (χ3n) is 2.69. The van der Waals surface area contributed by atoms with E-state index in [2.05, 4.69) is 5.32 Å². The zero-order valence-electron chi connectivity index (χ0n) is 11.4. The van der Waals surface area contributed by atoms with Crippen molar-refractivity contribution in [3.8, 4) is 5.75 Å². The van der Waals surface area contributed by atoms with Gasteiger partial charge in [0.25, 0.3) is 11.6 Å². The summed E-state index contributed by atoms with van der Waals surface area (Å²) in [6.45, 7) is -0.311. The molecule has 0 bridgehead atoms. The Morgan fingerprint density at radius 2 is 1.87 bits per heavy atom. The fourth-order valence-electron chi connectivity index (χ4n) is 1.64. The summed E-state index contributed by atoms with van der Waals surface area (Å²) in [7, 11) is 0. The third-order valence-corrected chi connectivity index (χ3v) is 3.53. The summed E-state index contributed by atoms with van der Waals surface area (Å²) in [6, 6.07) is 8.33. The Balaban J connectivity index is 1.98. The molecule has 1 amide bonds. The van der Waals surface area contributed by atoms with Gasteiger partial charge in [-0.3, -0.25) is 14.9 Å². The van der Waals surface area contributed by atoms with Gasteiger partial charge in [0.15, 0.2) is 6.61 Å². The molecular formula is C14H9Cl3N2O4. The number of carbonyl (C=O) groups is 1. The highest BCUT2D eigenvalue weighted by atomic mass is 35.5. The molecule has 2 aromatic carbocycles. The van der Waals surface area contributed by atoms with Crippen molar-refractivity contribution in [3.63, 3.8) is 0 Å². The van der Waals surface area contributed by atoms with Gasteiger partial charge in [0.1, 0.15) is 5.75 Å². The highest BCUT2D eigenvalue weighted by molar-refractivity contribution is 6.35. The average Bonchev–Trinajstić information content (AvgIpc) is 2.48. The van der Waals surface area contributed by atoms with E-state index >= 15 is 0 Å². The predicted molar refractivity (Wildman–Crippen MR) is 88.7 cm³/mol. The summed E-state index contributed by atoms with van der Waals surface area (Å²) in [6.07, 6.45) is 0. The molecule has 120 valence electrons. The van der Waals surface area contributed by atoms with Crippen LogP contribution in [-0.2, 0) is 4.79 Å². The number of carbonyl (C=O) groups excluding carboxylic acids is 1. The van der Waals surface area contributed by atoms with Gasteiger partial charge in [-0.15, -0.1) is 0 Å². The van der Waals surface area contributed by atoms with Crippen LogP contribution in [0.25, 0.3) is 0 Å². The van der Waals surface area contributed by atoms with Crippen molar-refractivity contribution in [3.05, 3.63) is 61.6 Å². The Bertz CT molecular complexity index is 768. The number of benzene rings is 2. The minimum absolute atomic E-state index is 0.0528. The molecule has 0 aromatic heterocycles. The predicted octanol–water partition coefficient (Wildman–Crippen LogP) is 4.57. The maximum Gasteiger partial charge on any atom is 0.271 e. The Labute approximate surface area is 146 Å². The lowest BCUT2D eigenvalue weighted by molar-refractivity contribution is -0.384. The zero-order chi connectivity index (χ0) is 17.0. The van der Waals surface area contributed by atoms with Crippen molar-refractivity contribution in [1.82, 2.24) is 0 Å². The number of nitrogens with one attached hydrogen (secondary N) is 1. The second kappa shape index (κ2) is 7.50. The van der Waals surface area contributed by atoms with Crippen LogP contribution in [0.4, 0.5) is 11.4 Å². The quantitative estimate of drug-likeness (QED) is 0.613. The summed E-state index contributed by atoms with van der Waals surface area (Å²) in [5.41, 5.74) is 0.0743. The normalized spacial score (nSPS) is 10.2. The molecule has 0 aliphatic heterocycles. The number of amides is 1. The number of anilines is 1. The van der Waals surface area contributed by atoms with Crippen LogP contribution in [-0.4, -0.2) is 17.4 Å². The molecule has 0 spiro atoms. The van der Waals surface area contributed by atoms with Crippen LogP contribution < -0.4 is 10.1 Å². The molecule has 9 heteroatoms. The van der Waals surface area contributed by atoms with Crippen LogP contribution in [0.1, 0.15) is 0 Å². The second-order valence-electron chi connectivity index (χ2n) is 4.33. The molecule has 0 atom stereocenters. The molecule has 23 heavy (non-hydrogen) atoms. The summed E-state index contributed by atoms with van der Waals surface area (Å²) < 4.78 is 5.27. The number of nitro benzene ring substituents is 1. The molecule has 0 unspecified atom stereocenters. The fourth-order valence-corrected chi connectivity index (χ4v) is 2.33. The number of halogens is 3. The van der Waals surface area contributed by atoms with E-state index in [1.165, 1.54) is 24.3 Å². The summed E-state index contributed by atoms with van der Waals surface area (Å²) in [5, 5.41) is 13.9. The smallest absolute Gasteiger partial charge is 0.271 e. The molecule has 0 saturated carbocycles. The number of rotatable bonds is 5. The minimum Gasteiger partial charge on any atom is -0.482 e. The molecule has 0 heterocycles. The van der Waals surface area contributed by atoms with Crippen LogP contribution >= 0.6 is 34.8 Å². The first-order valence-corrected chi connectivity index (χ1v) is 7.32. The summed E-state index contributed by atoms with van der Waals surface area (Å²) in [4.78, 5) is 21.9. The Morgan fingerprint density at radius 3 is 2.48 bits per heavy atom. The standard InChI is InChI=1S/C14H9Cl3N2O4/c15-8-1-4-13(11(17)5-8)23-7-14(20)18-12-3-2-9(19(21)22)6-10(12)16/h1-6H,7H2,(H,18,20). The van der Waals surface area contributed by atoms with Gasteiger partial charge in [0, 0.05) is 17.2 Å². The number of nitro groups is 1. The van der Waals surface area contributed by atoms with Crippen LogP contribution in [0.5, 0.6) is 5.75 Å². The Morgan fingerprint density at radius 1 is 1.13 bits per heavy atom.